The Balaban J connectivity index is 2.12. The van der Waals surface area contributed by atoms with Gasteiger partial charge in [0.05, 0.1) is 11.0 Å². The summed E-state index contributed by atoms with van der Waals surface area (Å²) in [6.45, 7) is 2.32. The lowest BCUT2D eigenvalue weighted by molar-refractivity contribution is 0.490. The lowest BCUT2D eigenvalue weighted by Crippen LogP contribution is -2.15. The Morgan fingerprint density at radius 2 is 2.17 bits per heavy atom. The molecule has 0 aliphatic heterocycles. The van der Waals surface area contributed by atoms with E-state index in [0.717, 1.165) is 30.1 Å². The average molecular weight is 237 g/mol. The number of imidazole rings is 1. The number of fused-ring (bicyclic) bond motifs is 5. The van der Waals surface area contributed by atoms with Crippen LogP contribution in [0.3, 0.4) is 0 Å². The fraction of sp³-hybridized carbons (Fsp3) is 0.333. The standard InChI is InChI=1S/C15H15N3/c1-10-6-7-13-11(8-10)9-16-15-17-12-4-2-3-5-14(12)18(13)15/h2-5,9-10H,6-8H2,1H3. The van der Waals surface area contributed by atoms with Gasteiger partial charge in [-0.15, -0.1) is 0 Å². The predicted octanol–water partition coefficient (Wildman–Crippen LogP) is 3.01. The van der Waals surface area contributed by atoms with E-state index in [9.17, 15) is 0 Å². The molecule has 0 fully saturated rings. The second-order valence-electron chi connectivity index (χ2n) is 5.31. The average Bonchev–Trinajstić information content (AvgIpc) is 2.77. The highest BCUT2D eigenvalue weighted by atomic mass is 15.1. The van der Waals surface area contributed by atoms with Crippen molar-refractivity contribution in [3.05, 3.63) is 41.7 Å². The second kappa shape index (κ2) is 3.55. The third-order valence-corrected chi connectivity index (χ3v) is 3.96. The second-order valence-corrected chi connectivity index (χ2v) is 5.31. The third-order valence-electron chi connectivity index (χ3n) is 3.96. The van der Waals surface area contributed by atoms with Gasteiger partial charge in [-0.2, -0.15) is 0 Å². The van der Waals surface area contributed by atoms with Crippen LogP contribution in [0.5, 0.6) is 0 Å². The lowest BCUT2D eigenvalue weighted by atomic mass is 9.89. The van der Waals surface area contributed by atoms with Crippen molar-refractivity contribution < 1.29 is 0 Å². The summed E-state index contributed by atoms with van der Waals surface area (Å²) in [5.74, 6) is 1.61. The van der Waals surface area contributed by atoms with Gasteiger partial charge < -0.3 is 0 Å². The van der Waals surface area contributed by atoms with Gasteiger partial charge >= 0.3 is 0 Å². The number of hydrogen-bond donors (Lipinski definition) is 0. The van der Waals surface area contributed by atoms with E-state index in [1.807, 2.05) is 12.3 Å². The number of aromatic nitrogens is 3. The molecule has 2 heterocycles. The zero-order valence-corrected chi connectivity index (χ0v) is 10.4. The third kappa shape index (κ3) is 1.30. The van der Waals surface area contributed by atoms with Gasteiger partial charge in [-0.25, -0.2) is 9.97 Å². The Morgan fingerprint density at radius 1 is 1.28 bits per heavy atom. The Hall–Kier alpha value is -1.90. The normalized spacial score (nSPS) is 19.3. The van der Waals surface area contributed by atoms with E-state index in [-0.39, 0.29) is 0 Å². The van der Waals surface area contributed by atoms with E-state index in [1.165, 1.54) is 23.2 Å². The summed E-state index contributed by atoms with van der Waals surface area (Å²) in [4.78, 5) is 9.11. The van der Waals surface area contributed by atoms with Crippen molar-refractivity contribution in [3.63, 3.8) is 0 Å². The SMILES string of the molecule is CC1CCc2c(cnc3nc4ccccc4n23)C1. The number of nitrogens with zero attached hydrogens (tertiary/aromatic N) is 3. The largest absolute Gasteiger partial charge is 0.280 e. The monoisotopic (exact) mass is 237 g/mol. The van der Waals surface area contributed by atoms with E-state index >= 15 is 0 Å². The first-order chi connectivity index (χ1) is 8.83. The minimum Gasteiger partial charge on any atom is -0.280 e. The van der Waals surface area contributed by atoms with Gasteiger partial charge in [0.25, 0.3) is 0 Å². The molecule has 90 valence electrons. The molecule has 1 aromatic carbocycles. The number of hydrogen-bond acceptors (Lipinski definition) is 2. The molecule has 3 heteroatoms. The molecule has 4 rings (SSSR count). The minimum atomic E-state index is 0.770. The van der Waals surface area contributed by atoms with Gasteiger partial charge in [0.1, 0.15) is 0 Å². The first-order valence-corrected chi connectivity index (χ1v) is 6.57. The summed E-state index contributed by atoms with van der Waals surface area (Å²) in [5.41, 5.74) is 5.03. The van der Waals surface area contributed by atoms with Crippen LogP contribution in [0, 0.1) is 5.92 Å². The molecule has 0 bridgehead atoms. The van der Waals surface area contributed by atoms with Gasteiger partial charge in [0.2, 0.25) is 5.78 Å². The number of aryl methyl sites for hydroxylation is 1. The van der Waals surface area contributed by atoms with Crippen molar-refractivity contribution in [1.82, 2.24) is 14.4 Å². The lowest BCUT2D eigenvalue weighted by Gasteiger charge is -2.21. The zero-order valence-electron chi connectivity index (χ0n) is 10.4. The first kappa shape index (κ1) is 10.1. The van der Waals surface area contributed by atoms with Crippen LogP contribution in [0.1, 0.15) is 24.6 Å². The van der Waals surface area contributed by atoms with Crippen molar-refractivity contribution in [1.29, 1.82) is 0 Å². The highest BCUT2D eigenvalue weighted by molar-refractivity contribution is 5.79. The minimum absolute atomic E-state index is 0.770. The molecular formula is C15H15N3. The van der Waals surface area contributed by atoms with Gasteiger partial charge in [0.15, 0.2) is 0 Å². The van der Waals surface area contributed by atoms with Crippen LogP contribution < -0.4 is 0 Å². The van der Waals surface area contributed by atoms with Crippen molar-refractivity contribution in [3.8, 4) is 0 Å². The van der Waals surface area contributed by atoms with Crippen LogP contribution in [0.15, 0.2) is 30.5 Å². The van der Waals surface area contributed by atoms with Gasteiger partial charge in [-0.05, 0) is 42.9 Å². The fourth-order valence-corrected chi connectivity index (χ4v) is 3.02. The highest BCUT2D eigenvalue weighted by Gasteiger charge is 2.19. The van der Waals surface area contributed by atoms with Gasteiger partial charge in [0, 0.05) is 11.9 Å². The summed E-state index contributed by atoms with van der Waals surface area (Å²) in [6, 6.07) is 8.29. The molecule has 0 saturated heterocycles. The molecule has 0 radical (unpaired) electrons. The maximum atomic E-state index is 4.59. The van der Waals surface area contributed by atoms with Crippen LogP contribution in [0.25, 0.3) is 16.8 Å². The Morgan fingerprint density at radius 3 is 3.11 bits per heavy atom. The van der Waals surface area contributed by atoms with Crippen molar-refractivity contribution in [2.24, 2.45) is 5.92 Å². The molecule has 1 aliphatic rings. The first-order valence-electron chi connectivity index (χ1n) is 6.57. The maximum absolute atomic E-state index is 4.59. The molecule has 0 spiro atoms. The smallest absolute Gasteiger partial charge is 0.235 e. The molecule has 0 saturated carbocycles. The van der Waals surface area contributed by atoms with E-state index in [0.29, 0.717) is 0 Å². The Bertz CT molecular complexity index is 742. The van der Waals surface area contributed by atoms with Crippen LogP contribution >= 0.6 is 0 Å². The zero-order chi connectivity index (χ0) is 12.1. The number of benzene rings is 1. The highest BCUT2D eigenvalue weighted by Crippen LogP contribution is 2.27. The molecule has 1 atom stereocenters. The molecule has 1 unspecified atom stereocenters. The van der Waals surface area contributed by atoms with Crippen molar-refractivity contribution in [2.45, 2.75) is 26.2 Å². The molecule has 0 amide bonds. The Labute approximate surface area is 105 Å². The van der Waals surface area contributed by atoms with Gasteiger partial charge in [-0.1, -0.05) is 19.1 Å². The van der Waals surface area contributed by atoms with Crippen LogP contribution in [-0.2, 0) is 12.8 Å². The van der Waals surface area contributed by atoms with Crippen LogP contribution in [0.2, 0.25) is 0 Å². The molecule has 3 nitrogen and oxygen atoms in total. The van der Waals surface area contributed by atoms with Gasteiger partial charge in [-0.3, -0.25) is 4.40 Å². The number of rotatable bonds is 0. The van der Waals surface area contributed by atoms with Crippen LogP contribution in [0.4, 0.5) is 0 Å². The molecular weight excluding hydrogens is 222 g/mol. The predicted molar refractivity (Wildman–Crippen MR) is 71.7 cm³/mol. The molecule has 1 aliphatic carbocycles. The topological polar surface area (TPSA) is 30.2 Å². The quantitative estimate of drug-likeness (QED) is 0.601. The molecule has 18 heavy (non-hydrogen) atoms. The Kier molecular flexibility index (Phi) is 1.98. The van der Waals surface area contributed by atoms with E-state index in [4.69, 9.17) is 0 Å². The maximum Gasteiger partial charge on any atom is 0.235 e. The van der Waals surface area contributed by atoms with Crippen LogP contribution in [-0.4, -0.2) is 14.4 Å². The van der Waals surface area contributed by atoms with E-state index < -0.39 is 0 Å². The summed E-state index contributed by atoms with van der Waals surface area (Å²) in [5, 5.41) is 0. The molecule has 3 aromatic rings. The van der Waals surface area contributed by atoms with Crippen molar-refractivity contribution >= 4 is 16.8 Å². The molecule has 2 aromatic heterocycles. The fourth-order valence-electron chi connectivity index (χ4n) is 3.02. The van der Waals surface area contributed by atoms with E-state index in [2.05, 4.69) is 39.5 Å². The molecule has 0 N–H and O–H groups in total. The van der Waals surface area contributed by atoms with Crippen molar-refractivity contribution in [2.75, 3.05) is 0 Å². The summed E-state index contributed by atoms with van der Waals surface area (Å²) in [7, 11) is 0. The van der Waals surface area contributed by atoms with E-state index in [1.54, 1.807) is 0 Å². The summed E-state index contributed by atoms with van der Waals surface area (Å²) in [6.07, 6.45) is 5.56. The number of para-hydroxylation sites is 2. The summed E-state index contributed by atoms with van der Waals surface area (Å²) >= 11 is 0. The summed E-state index contributed by atoms with van der Waals surface area (Å²) < 4.78 is 2.25.